The molecule has 0 fully saturated rings. The van der Waals surface area contributed by atoms with E-state index in [1.807, 2.05) is 91.0 Å². The van der Waals surface area contributed by atoms with Crippen molar-refractivity contribution in [2.24, 2.45) is 0 Å². The van der Waals surface area contributed by atoms with Crippen LogP contribution in [0.2, 0.25) is 0 Å². The zero-order chi connectivity index (χ0) is 35.1. The second-order valence-electron chi connectivity index (χ2n) is 13.8. The van der Waals surface area contributed by atoms with Gasteiger partial charge >= 0.3 is 0 Å². The number of rotatable bonds is 15. The maximum absolute atomic E-state index is 11.3. The van der Waals surface area contributed by atoms with Gasteiger partial charge in [0, 0.05) is 37.8 Å². The number of aliphatic hydroxyl groups excluding tert-OH is 3. The van der Waals surface area contributed by atoms with Gasteiger partial charge in [-0.3, -0.25) is 14.7 Å². The maximum Gasteiger partial charge on any atom is 0.0942 e. The van der Waals surface area contributed by atoms with E-state index in [0.29, 0.717) is 19.6 Å². The van der Waals surface area contributed by atoms with E-state index in [4.69, 9.17) is 0 Å². The minimum absolute atomic E-state index is 0.105. The van der Waals surface area contributed by atoms with E-state index in [0.717, 1.165) is 16.7 Å². The number of aliphatic hydroxyl groups is 3. The number of nitrogens with zero attached hydrogens (tertiary/aromatic N) is 3. The number of hydrogen-bond donors (Lipinski definition) is 3. The van der Waals surface area contributed by atoms with Crippen LogP contribution in [0.5, 0.6) is 0 Å². The zero-order valence-electron chi connectivity index (χ0n) is 30.4. The van der Waals surface area contributed by atoms with Crippen molar-refractivity contribution in [2.45, 2.75) is 97.6 Å². The summed E-state index contributed by atoms with van der Waals surface area (Å²) in [5.41, 5.74) is 10.3. The van der Waals surface area contributed by atoms with Crippen LogP contribution in [0.1, 0.15) is 89.2 Å². The van der Waals surface area contributed by atoms with Crippen molar-refractivity contribution >= 4 is 0 Å². The van der Waals surface area contributed by atoms with Crippen molar-refractivity contribution in [3.05, 3.63) is 141 Å². The monoisotopic (exact) mass is 651 g/mol. The minimum Gasteiger partial charge on any atom is -0.387 e. The summed E-state index contributed by atoms with van der Waals surface area (Å²) in [6.07, 6.45) is -1.84. The van der Waals surface area contributed by atoms with E-state index in [1.54, 1.807) is 0 Å². The first-order valence-corrected chi connectivity index (χ1v) is 17.2. The van der Waals surface area contributed by atoms with Crippen LogP contribution >= 0.6 is 0 Å². The third-order valence-electron chi connectivity index (χ3n) is 10.8. The van der Waals surface area contributed by atoms with E-state index in [1.165, 1.54) is 33.4 Å². The molecule has 0 amide bonds. The Bertz CT molecular complexity index is 1370. The largest absolute Gasteiger partial charge is 0.387 e. The van der Waals surface area contributed by atoms with Gasteiger partial charge in [0.1, 0.15) is 0 Å². The third kappa shape index (κ3) is 8.61. The van der Waals surface area contributed by atoms with Crippen LogP contribution in [0.4, 0.5) is 0 Å². The summed E-state index contributed by atoms with van der Waals surface area (Å²) in [5, 5.41) is 33.8. The molecule has 0 radical (unpaired) electrons. The molecule has 3 N–H and O–H groups in total. The van der Waals surface area contributed by atoms with Crippen molar-refractivity contribution < 1.29 is 15.3 Å². The average molecular weight is 652 g/mol. The van der Waals surface area contributed by atoms with Crippen molar-refractivity contribution in [1.29, 1.82) is 0 Å². The van der Waals surface area contributed by atoms with Gasteiger partial charge in [-0.15, -0.1) is 0 Å². The normalized spacial score (nSPS) is 15.8. The summed E-state index contributed by atoms with van der Waals surface area (Å²) in [5.74, 6) is 0. The van der Waals surface area contributed by atoms with E-state index in [2.05, 4.69) is 77.4 Å². The van der Waals surface area contributed by atoms with Crippen molar-refractivity contribution in [1.82, 2.24) is 14.7 Å². The molecule has 0 spiro atoms. The average Bonchev–Trinajstić information content (AvgIpc) is 3.12. The lowest BCUT2D eigenvalue weighted by Gasteiger charge is -2.35. The first-order chi connectivity index (χ1) is 22.8. The topological polar surface area (TPSA) is 70.4 Å². The highest BCUT2D eigenvalue weighted by Gasteiger charge is 2.28. The van der Waals surface area contributed by atoms with Crippen LogP contribution in [0.15, 0.2) is 91.0 Å². The van der Waals surface area contributed by atoms with Crippen LogP contribution in [0.3, 0.4) is 0 Å². The molecule has 0 aliphatic heterocycles. The third-order valence-corrected chi connectivity index (χ3v) is 10.8. The SMILES string of the molecule is Cc1c(CN(C)[C@@H](C)[C@H](O)c2ccccc2)c(C)c(CN(C)[C@@H](C)[C@H](O)c2ccccc2)c(C)c1CN(C)[C@@H](C)[C@H](O)c1ccccc1. The second kappa shape index (κ2) is 16.8. The smallest absolute Gasteiger partial charge is 0.0942 e. The fourth-order valence-electron chi connectivity index (χ4n) is 6.79. The standard InChI is InChI=1S/C42H57N3O3/c1-28-37(25-43(7)31(4)40(46)34-19-13-10-14-20-34)29(2)39(27-45(9)33(6)42(48)36-23-17-12-18-24-36)30(3)38(28)26-44(8)32(5)41(47)35-21-15-11-16-22-35/h10-24,31-33,40-42,46-48H,25-27H2,1-9H3/t31-,32-,33-,40-,41-,42-/m0/s1. The molecule has 0 bridgehead atoms. The number of benzene rings is 4. The quantitative estimate of drug-likeness (QED) is 0.126. The maximum atomic E-state index is 11.3. The van der Waals surface area contributed by atoms with Crippen LogP contribution < -0.4 is 0 Å². The molecule has 48 heavy (non-hydrogen) atoms. The van der Waals surface area contributed by atoms with E-state index < -0.39 is 18.3 Å². The molecule has 0 heterocycles. The highest BCUT2D eigenvalue weighted by Crippen LogP contribution is 2.33. The molecular weight excluding hydrogens is 594 g/mol. The fourth-order valence-corrected chi connectivity index (χ4v) is 6.79. The molecule has 4 aromatic rings. The Balaban J connectivity index is 1.69. The van der Waals surface area contributed by atoms with Gasteiger partial charge in [-0.1, -0.05) is 91.0 Å². The lowest BCUT2D eigenvalue weighted by Crippen LogP contribution is -2.37. The molecule has 0 unspecified atom stereocenters. The van der Waals surface area contributed by atoms with Crippen LogP contribution in [0, 0.1) is 20.8 Å². The Morgan fingerprint density at radius 2 is 0.625 bits per heavy atom. The molecule has 0 aromatic heterocycles. The van der Waals surface area contributed by atoms with Gasteiger partial charge in [-0.2, -0.15) is 0 Å². The van der Waals surface area contributed by atoms with Crippen LogP contribution in [-0.2, 0) is 19.6 Å². The number of hydrogen-bond acceptors (Lipinski definition) is 6. The van der Waals surface area contributed by atoms with Crippen molar-refractivity contribution in [3.63, 3.8) is 0 Å². The number of likely N-dealkylation sites (N-methyl/N-ethyl adjacent to an activating group) is 3. The summed E-state index contributed by atoms with van der Waals surface area (Å²) in [6, 6.07) is 29.3. The summed E-state index contributed by atoms with van der Waals surface area (Å²) in [7, 11) is 6.26. The van der Waals surface area contributed by atoms with Gasteiger partial charge < -0.3 is 15.3 Å². The van der Waals surface area contributed by atoms with E-state index in [9.17, 15) is 15.3 Å². The van der Waals surface area contributed by atoms with Crippen molar-refractivity contribution in [3.8, 4) is 0 Å². The molecule has 0 aliphatic carbocycles. The molecule has 0 saturated heterocycles. The predicted molar refractivity (Wildman–Crippen MR) is 198 cm³/mol. The Kier molecular flexibility index (Phi) is 13.1. The highest BCUT2D eigenvalue weighted by molar-refractivity contribution is 5.51. The van der Waals surface area contributed by atoms with E-state index >= 15 is 0 Å². The van der Waals surface area contributed by atoms with Crippen LogP contribution in [0.25, 0.3) is 0 Å². The van der Waals surface area contributed by atoms with Gasteiger partial charge in [0.2, 0.25) is 0 Å². The fraction of sp³-hybridized carbons (Fsp3) is 0.429. The first-order valence-electron chi connectivity index (χ1n) is 17.2. The van der Waals surface area contributed by atoms with Crippen LogP contribution in [-0.4, -0.2) is 69.3 Å². The molecule has 6 nitrogen and oxygen atoms in total. The van der Waals surface area contributed by atoms with Gasteiger partial charge in [-0.05, 0) is 113 Å². The Hall–Kier alpha value is -3.36. The summed E-state index contributed by atoms with van der Waals surface area (Å²) >= 11 is 0. The summed E-state index contributed by atoms with van der Waals surface area (Å²) in [6.45, 7) is 15.0. The molecule has 4 aromatic carbocycles. The lowest BCUT2D eigenvalue weighted by atomic mass is 9.86. The lowest BCUT2D eigenvalue weighted by molar-refractivity contribution is 0.0666. The van der Waals surface area contributed by atoms with Crippen molar-refractivity contribution in [2.75, 3.05) is 21.1 Å². The zero-order valence-corrected chi connectivity index (χ0v) is 30.4. The predicted octanol–water partition coefficient (Wildman–Crippen LogP) is 7.27. The molecule has 4 rings (SSSR count). The Labute approximate surface area is 289 Å². The Morgan fingerprint density at radius 1 is 0.417 bits per heavy atom. The Morgan fingerprint density at radius 3 is 0.833 bits per heavy atom. The molecule has 6 heteroatoms. The first kappa shape index (κ1) is 37.5. The van der Waals surface area contributed by atoms with Gasteiger partial charge in [0.05, 0.1) is 18.3 Å². The minimum atomic E-state index is -0.612. The molecule has 258 valence electrons. The van der Waals surface area contributed by atoms with Gasteiger partial charge in [0.15, 0.2) is 0 Å². The second-order valence-corrected chi connectivity index (χ2v) is 13.8. The molecule has 0 saturated carbocycles. The summed E-state index contributed by atoms with van der Waals surface area (Å²) in [4.78, 5) is 6.73. The van der Waals surface area contributed by atoms with Gasteiger partial charge in [0.25, 0.3) is 0 Å². The van der Waals surface area contributed by atoms with Gasteiger partial charge in [-0.25, -0.2) is 0 Å². The molecular formula is C42H57N3O3. The molecule has 0 aliphatic rings. The summed E-state index contributed by atoms with van der Waals surface area (Å²) < 4.78 is 0. The van der Waals surface area contributed by atoms with E-state index in [-0.39, 0.29) is 18.1 Å². The highest BCUT2D eigenvalue weighted by atomic mass is 16.3. The molecule has 6 atom stereocenters.